The van der Waals surface area contributed by atoms with Crippen LogP contribution in [-0.2, 0) is 11.4 Å². The maximum atomic E-state index is 12.8. The van der Waals surface area contributed by atoms with Crippen LogP contribution >= 0.6 is 0 Å². The average molecular weight is 470 g/mol. The van der Waals surface area contributed by atoms with Gasteiger partial charge in [0.15, 0.2) is 0 Å². The number of hydrogen-bond donors (Lipinski definition) is 1. The number of anilines is 1. The summed E-state index contributed by atoms with van der Waals surface area (Å²) in [6.07, 6.45) is 0.653. The molecule has 0 radical (unpaired) electrons. The van der Waals surface area contributed by atoms with Gasteiger partial charge in [0.25, 0.3) is 6.43 Å². The molecule has 2 saturated heterocycles. The van der Waals surface area contributed by atoms with Gasteiger partial charge in [0.05, 0.1) is 23.8 Å². The Morgan fingerprint density at radius 3 is 2.71 bits per heavy atom. The van der Waals surface area contributed by atoms with E-state index in [1.54, 1.807) is 36.1 Å². The lowest BCUT2D eigenvalue weighted by molar-refractivity contribution is -0.129. The van der Waals surface area contributed by atoms with Gasteiger partial charge in [-0.1, -0.05) is 17.3 Å². The zero-order chi connectivity index (χ0) is 23.7. The third kappa shape index (κ3) is 4.40. The summed E-state index contributed by atoms with van der Waals surface area (Å²) in [7, 11) is 0. The third-order valence-corrected chi connectivity index (χ3v) is 6.13. The van der Waals surface area contributed by atoms with Crippen LogP contribution in [-0.4, -0.2) is 74.5 Å². The minimum atomic E-state index is -2.53. The Kier molecular flexibility index (Phi) is 6.05. The van der Waals surface area contributed by atoms with Gasteiger partial charge in [0, 0.05) is 38.3 Å². The zero-order valence-electron chi connectivity index (χ0n) is 18.6. The van der Waals surface area contributed by atoms with Gasteiger partial charge in [-0.05, 0) is 19.1 Å². The molecule has 5 rings (SSSR count). The molecule has 1 amide bonds. The molecule has 3 aromatic rings. The van der Waals surface area contributed by atoms with E-state index in [1.165, 1.54) is 12.1 Å². The van der Waals surface area contributed by atoms with Crippen molar-refractivity contribution in [3.63, 3.8) is 0 Å². The van der Waals surface area contributed by atoms with Crippen LogP contribution in [0.3, 0.4) is 0 Å². The summed E-state index contributed by atoms with van der Waals surface area (Å²) in [5.41, 5.74) is 1.89. The first-order valence-electron chi connectivity index (χ1n) is 11.0. The average Bonchev–Trinajstić information content (AvgIpc) is 3.23. The Balaban J connectivity index is 1.24. The molecule has 1 atom stereocenters. The Labute approximate surface area is 194 Å². The number of benzene rings is 1. The van der Waals surface area contributed by atoms with Crippen LogP contribution in [0.25, 0.3) is 5.69 Å². The molecule has 0 saturated carbocycles. The Hall–Kier alpha value is -3.67. The molecule has 1 aromatic carbocycles. The first-order valence-corrected chi connectivity index (χ1v) is 11.0. The second-order valence-corrected chi connectivity index (χ2v) is 8.22. The van der Waals surface area contributed by atoms with Crippen molar-refractivity contribution in [2.75, 3.05) is 37.6 Å². The van der Waals surface area contributed by atoms with Crippen LogP contribution in [0.5, 0.6) is 5.88 Å². The molecule has 1 N–H and O–H groups in total. The van der Waals surface area contributed by atoms with E-state index >= 15 is 0 Å². The molecular formula is C22H24F2N8O2. The predicted octanol–water partition coefficient (Wildman–Crippen LogP) is 1.50. The summed E-state index contributed by atoms with van der Waals surface area (Å²) in [6.45, 7) is 5.62. The fraction of sp³-hybridized carbons (Fsp3) is 0.409. The summed E-state index contributed by atoms with van der Waals surface area (Å²) in [5.74, 6) is 1.07. The Morgan fingerprint density at radius 2 is 1.97 bits per heavy atom. The molecule has 178 valence electrons. The van der Waals surface area contributed by atoms with Gasteiger partial charge in [-0.25, -0.2) is 23.4 Å². The van der Waals surface area contributed by atoms with Crippen molar-refractivity contribution < 1.29 is 18.3 Å². The number of nitrogens with one attached hydrogen (secondary N) is 1. The summed E-state index contributed by atoms with van der Waals surface area (Å²) >= 11 is 0. The van der Waals surface area contributed by atoms with Crippen LogP contribution in [0.15, 0.2) is 36.7 Å². The van der Waals surface area contributed by atoms with Crippen LogP contribution in [0.4, 0.5) is 14.6 Å². The fourth-order valence-corrected chi connectivity index (χ4v) is 4.19. The molecule has 0 spiro atoms. The van der Waals surface area contributed by atoms with Crippen molar-refractivity contribution in [1.29, 1.82) is 0 Å². The maximum Gasteiger partial charge on any atom is 0.263 e. The highest BCUT2D eigenvalue weighted by Crippen LogP contribution is 2.22. The van der Waals surface area contributed by atoms with Gasteiger partial charge < -0.3 is 15.0 Å². The number of amides is 1. The molecule has 2 aliphatic rings. The van der Waals surface area contributed by atoms with Gasteiger partial charge in [-0.15, -0.1) is 5.10 Å². The van der Waals surface area contributed by atoms with Gasteiger partial charge in [0.1, 0.15) is 24.2 Å². The molecule has 34 heavy (non-hydrogen) atoms. The first-order chi connectivity index (χ1) is 16.5. The number of alkyl halides is 2. The van der Waals surface area contributed by atoms with Gasteiger partial charge >= 0.3 is 0 Å². The number of hydrogen-bond acceptors (Lipinski definition) is 8. The Morgan fingerprint density at radius 1 is 1.15 bits per heavy atom. The van der Waals surface area contributed by atoms with Crippen molar-refractivity contribution in [3.8, 4) is 11.6 Å². The lowest BCUT2D eigenvalue weighted by atomic mass is 10.1. The van der Waals surface area contributed by atoms with E-state index in [1.807, 2.05) is 0 Å². The van der Waals surface area contributed by atoms with Gasteiger partial charge in [0.2, 0.25) is 11.8 Å². The number of fused-ring (bicyclic) bond motifs is 1. The second kappa shape index (κ2) is 9.29. The van der Waals surface area contributed by atoms with Crippen LogP contribution in [0.2, 0.25) is 0 Å². The molecule has 4 heterocycles. The van der Waals surface area contributed by atoms with Crippen LogP contribution < -0.4 is 15.0 Å². The number of halogens is 2. The minimum Gasteiger partial charge on any atom is -0.470 e. The summed E-state index contributed by atoms with van der Waals surface area (Å²) < 4.78 is 33.1. The van der Waals surface area contributed by atoms with Crippen molar-refractivity contribution >= 4 is 11.7 Å². The number of aryl methyl sites for hydroxylation is 1. The van der Waals surface area contributed by atoms with Crippen LogP contribution in [0.1, 0.15) is 23.4 Å². The number of piperazine rings is 2. The van der Waals surface area contributed by atoms with Gasteiger partial charge in [-0.3, -0.25) is 9.69 Å². The quantitative estimate of drug-likeness (QED) is 0.579. The predicted molar refractivity (Wildman–Crippen MR) is 118 cm³/mol. The third-order valence-electron chi connectivity index (χ3n) is 6.13. The molecule has 0 aliphatic carbocycles. The number of carbonyl (C=O) groups excluding carboxylic acids is 1. The number of rotatable bonds is 6. The van der Waals surface area contributed by atoms with Crippen molar-refractivity contribution in [2.45, 2.75) is 26.0 Å². The topological polar surface area (TPSA) is 101 Å². The summed E-state index contributed by atoms with van der Waals surface area (Å²) in [4.78, 5) is 25.3. The summed E-state index contributed by atoms with van der Waals surface area (Å²) in [6, 6.07) is 5.69. The smallest absolute Gasteiger partial charge is 0.263 e. The van der Waals surface area contributed by atoms with E-state index in [4.69, 9.17) is 4.74 Å². The van der Waals surface area contributed by atoms with Crippen molar-refractivity contribution in [2.24, 2.45) is 0 Å². The molecule has 0 bridgehead atoms. The van der Waals surface area contributed by atoms with E-state index in [9.17, 15) is 13.6 Å². The van der Waals surface area contributed by atoms with E-state index in [-0.39, 0.29) is 24.1 Å². The largest absolute Gasteiger partial charge is 0.470 e. The SMILES string of the molecule is Cc1nnn(-c2ccc(C(F)F)cc2)c1COc1cnc(N2CCN3CCNC(=O)[C@@H]3C2)cn1. The normalized spacial score (nSPS) is 18.6. The number of ether oxygens (including phenoxy) is 1. The highest BCUT2D eigenvalue weighted by atomic mass is 19.3. The molecule has 2 aliphatic heterocycles. The van der Waals surface area contributed by atoms with Crippen molar-refractivity contribution in [3.05, 3.63) is 53.6 Å². The standard InChI is InChI=1S/C22H24F2N8O2/c1-14-18(32(29-28-14)16-4-2-15(3-5-16)21(23)24)13-34-20-11-26-19(10-27-20)31-9-8-30-7-6-25-22(33)17(30)12-31/h2-5,10-11,17,21H,6-9,12-13H2,1H3,(H,25,33)/t17-/m0/s1. The highest BCUT2D eigenvalue weighted by Gasteiger charge is 2.35. The molecule has 12 heteroatoms. The molecule has 2 fully saturated rings. The fourth-order valence-electron chi connectivity index (χ4n) is 4.19. The number of carbonyl (C=O) groups is 1. The van der Waals surface area contributed by atoms with E-state index in [2.05, 4.69) is 35.4 Å². The molecule has 2 aromatic heterocycles. The molecule has 10 nitrogen and oxygen atoms in total. The first kappa shape index (κ1) is 22.1. The molecule has 0 unspecified atom stereocenters. The lowest BCUT2D eigenvalue weighted by Gasteiger charge is -2.43. The number of aromatic nitrogens is 5. The maximum absolute atomic E-state index is 12.8. The van der Waals surface area contributed by atoms with E-state index in [0.717, 1.165) is 19.6 Å². The second-order valence-electron chi connectivity index (χ2n) is 8.22. The minimum absolute atomic E-state index is 0.0494. The lowest BCUT2D eigenvalue weighted by Crippen LogP contribution is -2.64. The van der Waals surface area contributed by atoms with Crippen molar-refractivity contribution in [1.82, 2.24) is 35.2 Å². The van der Waals surface area contributed by atoms with E-state index in [0.29, 0.717) is 41.9 Å². The van der Waals surface area contributed by atoms with Gasteiger partial charge in [-0.2, -0.15) is 0 Å². The summed E-state index contributed by atoms with van der Waals surface area (Å²) in [5, 5.41) is 11.1. The van der Waals surface area contributed by atoms with E-state index < -0.39 is 6.43 Å². The Bertz CT molecular complexity index is 1150. The zero-order valence-corrected chi connectivity index (χ0v) is 18.6. The monoisotopic (exact) mass is 470 g/mol. The highest BCUT2D eigenvalue weighted by molar-refractivity contribution is 5.83. The van der Waals surface area contributed by atoms with Crippen LogP contribution in [0, 0.1) is 6.92 Å². The number of nitrogens with zero attached hydrogens (tertiary/aromatic N) is 7. The molecular weight excluding hydrogens is 446 g/mol.